The SMILES string of the molecule is Cc1oc(C)c(C(=O)N(C)CC(C)Br)c1C. The molecule has 0 bridgehead atoms. The molecule has 1 heterocycles. The van der Waals surface area contributed by atoms with Gasteiger partial charge < -0.3 is 9.32 Å². The summed E-state index contributed by atoms with van der Waals surface area (Å²) in [5.74, 6) is 1.55. The highest BCUT2D eigenvalue weighted by molar-refractivity contribution is 9.09. The third-order valence-electron chi connectivity index (χ3n) is 2.65. The van der Waals surface area contributed by atoms with Gasteiger partial charge >= 0.3 is 0 Å². The van der Waals surface area contributed by atoms with E-state index in [0.717, 1.165) is 11.3 Å². The van der Waals surface area contributed by atoms with Crippen LogP contribution in [0.3, 0.4) is 0 Å². The van der Waals surface area contributed by atoms with E-state index in [4.69, 9.17) is 4.42 Å². The Labute approximate surface area is 105 Å². The monoisotopic (exact) mass is 287 g/mol. The molecule has 3 nitrogen and oxygen atoms in total. The van der Waals surface area contributed by atoms with Crippen molar-refractivity contribution in [2.75, 3.05) is 13.6 Å². The van der Waals surface area contributed by atoms with Gasteiger partial charge in [-0.2, -0.15) is 0 Å². The van der Waals surface area contributed by atoms with E-state index in [1.54, 1.807) is 11.9 Å². The molecule has 1 amide bonds. The van der Waals surface area contributed by atoms with Crippen molar-refractivity contribution >= 4 is 21.8 Å². The summed E-state index contributed by atoms with van der Waals surface area (Å²) in [4.78, 5) is 14.2. The fourth-order valence-electron chi connectivity index (χ4n) is 1.76. The fraction of sp³-hybridized carbons (Fsp3) is 0.583. The lowest BCUT2D eigenvalue weighted by Crippen LogP contribution is -2.31. The number of rotatable bonds is 3. The van der Waals surface area contributed by atoms with E-state index in [-0.39, 0.29) is 10.7 Å². The van der Waals surface area contributed by atoms with Crippen LogP contribution >= 0.6 is 15.9 Å². The molecule has 0 N–H and O–H groups in total. The molecule has 90 valence electrons. The number of hydrogen-bond acceptors (Lipinski definition) is 2. The van der Waals surface area contributed by atoms with Crippen LogP contribution in [0.5, 0.6) is 0 Å². The van der Waals surface area contributed by atoms with Crippen molar-refractivity contribution in [3.05, 3.63) is 22.6 Å². The standard InChI is InChI=1S/C12H18BrNO2/c1-7(13)6-14(5)12(15)11-8(2)9(3)16-10(11)4/h7H,6H2,1-5H3. The molecule has 0 aromatic carbocycles. The highest BCUT2D eigenvalue weighted by Gasteiger charge is 2.21. The van der Waals surface area contributed by atoms with Gasteiger partial charge in [-0.1, -0.05) is 22.9 Å². The number of halogens is 1. The van der Waals surface area contributed by atoms with Crippen LogP contribution in [0.2, 0.25) is 0 Å². The van der Waals surface area contributed by atoms with E-state index >= 15 is 0 Å². The van der Waals surface area contributed by atoms with Crippen LogP contribution in [0.4, 0.5) is 0 Å². The smallest absolute Gasteiger partial charge is 0.257 e. The fourth-order valence-corrected chi connectivity index (χ4v) is 2.19. The Morgan fingerprint density at radius 1 is 1.38 bits per heavy atom. The van der Waals surface area contributed by atoms with Crippen molar-refractivity contribution in [3.8, 4) is 0 Å². The molecule has 4 heteroatoms. The molecule has 1 atom stereocenters. The van der Waals surface area contributed by atoms with Gasteiger partial charge in [-0.15, -0.1) is 0 Å². The Bertz CT molecular complexity index is 396. The first-order valence-electron chi connectivity index (χ1n) is 5.30. The first-order chi connectivity index (χ1) is 7.34. The molecule has 1 aromatic rings. The van der Waals surface area contributed by atoms with Gasteiger partial charge in [-0.3, -0.25) is 4.79 Å². The van der Waals surface area contributed by atoms with E-state index < -0.39 is 0 Å². The Morgan fingerprint density at radius 2 is 1.94 bits per heavy atom. The van der Waals surface area contributed by atoms with Crippen LogP contribution in [-0.2, 0) is 0 Å². The minimum Gasteiger partial charge on any atom is -0.466 e. The number of aryl methyl sites for hydroxylation is 2. The summed E-state index contributed by atoms with van der Waals surface area (Å²) in [6, 6.07) is 0. The van der Waals surface area contributed by atoms with E-state index in [9.17, 15) is 4.79 Å². The predicted molar refractivity (Wildman–Crippen MR) is 68.3 cm³/mol. The first kappa shape index (κ1) is 13.3. The third-order valence-corrected chi connectivity index (χ3v) is 2.94. The highest BCUT2D eigenvalue weighted by Crippen LogP contribution is 2.22. The second kappa shape index (κ2) is 5.04. The second-order valence-electron chi connectivity index (χ2n) is 4.18. The van der Waals surface area contributed by atoms with Gasteiger partial charge in [0, 0.05) is 24.0 Å². The quantitative estimate of drug-likeness (QED) is 0.801. The normalized spacial score (nSPS) is 12.6. The average Bonchev–Trinajstić information content (AvgIpc) is 2.39. The summed E-state index contributed by atoms with van der Waals surface area (Å²) in [6.07, 6.45) is 0. The Kier molecular flexibility index (Phi) is 4.19. The van der Waals surface area contributed by atoms with Gasteiger partial charge in [-0.05, 0) is 20.8 Å². The molecule has 0 radical (unpaired) electrons. The lowest BCUT2D eigenvalue weighted by atomic mass is 10.1. The molecular weight excluding hydrogens is 270 g/mol. The first-order valence-corrected chi connectivity index (χ1v) is 6.22. The zero-order chi connectivity index (χ0) is 12.5. The summed E-state index contributed by atoms with van der Waals surface area (Å²) in [6.45, 7) is 8.33. The van der Waals surface area contributed by atoms with Crippen LogP contribution in [-0.4, -0.2) is 29.2 Å². The van der Waals surface area contributed by atoms with Crippen LogP contribution in [0.1, 0.15) is 34.4 Å². The van der Waals surface area contributed by atoms with Crippen molar-refractivity contribution in [2.45, 2.75) is 32.5 Å². The predicted octanol–water partition coefficient (Wildman–Crippen LogP) is 3.06. The minimum absolute atomic E-state index is 0.0261. The minimum atomic E-state index is 0.0261. The van der Waals surface area contributed by atoms with E-state index in [0.29, 0.717) is 17.9 Å². The molecule has 0 spiro atoms. The number of furan rings is 1. The second-order valence-corrected chi connectivity index (χ2v) is 5.74. The Balaban J connectivity index is 2.96. The number of hydrogen-bond donors (Lipinski definition) is 0. The van der Waals surface area contributed by atoms with Crippen LogP contribution < -0.4 is 0 Å². The Hall–Kier alpha value is -0.770. The molecule has 0 saturated carbocycles. The van der Waals surface area contributed by atoms with Crippen molar-refractivity contribution in [1.29, 1.82) is 0 Å². The zero-order valence-electron chi connectivity index (χ0n) is 10.4. The topological polar surface area (TPSA) is 33.5 Å². The lowest BCUT2D eigenvalue weighted by Gasteiger charge is -2.18. The molecule has 1 aromatic heterocycles. The van der Waals surface area contributed by atoms with Crippen LogP contribution in [0, 0.1) is 20.8 Å². The largest absolute Gasteiger partial charge is 0.466 e. The molecule has 0 fully saturated rings. The molecule has 0 aliphatic carbocycles. The number of alkyl halides is 1. The molecule has 0 aliphatic heterocycles. The van der Waals surface area contributed by atoms with E-state index in [1.165, 1.54) is 0 Å². The van der Waals surface area contributed by atoms with Gasteiger partial charge in [-0.25, -0.2) is 0 Å². The van der Waals surface area contributed by atoms with E-state index in [2.05, 4.69) is 15.9 Å². The zero-order valence-corrected chi connectivity index (χ0v) is 12.0. The third kappa shape index (κ3) is 2.67. The number of carbonyl (C=O) groups excluding carboxylic acids is 1. The number of nitrogens with zero attached hydrogens (tertiary/aromatic N) is 1. The summed E-state index contributed by atoms with van der Waals surface area (Å²) >= 11 is 3.44. The molecule has 1 rings (SSSR count). The van der Waals surface area contributed by atoms with Crippen LogP contribution in [0.25, 0.3) is 0 Å². The van der Waals surface area contributed by atoms with Crippen molar-refractivity contribution in [3.63, 3.8) is 0 Å². The summed E-state index contributed by atoms with van der Waals surface area (Å²) < 4.78 is 5.46. The van der Waals surface area contributed by atoms with Gasteiger partial charge in [0.25, 0.3) is 5.91 Å². The van der Waals surface area contributed by atoms with Crippen molar-refractivity contribution in [1.82, 2.24) is 4.90 Å². The summed E-state index contributed by atoms with van der Waals surface area (Å²) in [7, 11) is 1.81. The van der Waals surface area contributed by atoms with Gasteiger partial charge in [0.2, 0.25) is 0 Å². The van der Waals surface area contributed by atoms with Gasteiger partial charge in [0.1, 0.15) is 11.5 Å². The molecule has 16 heavy (non-hydrogen) atoms. The summed E-state index contributed by atoms with van der Waals surface area (Å²) in [5.41, 5.74) is 1.64. The molecule has 0 aliphatic rings. The van der Waals surface area contributed by atoms with Crippen molar-refractivity contribution in [2.24, 2.45) is 0 Å². The Morgan fingerprint density at radius 3 is 2.31 bits per heavy atom. The highest BCUT2D eigenvalue weighted by atomic mass is 79.9. The molecular formula is C12H18BrNO2. The maximum Gasteiger partial charge on any atom is 0.257 e. The molecule has 1 unspecified atom stereocenters. The van der Waals surface area contributed by atoms with E-state index in [1.807, 2.05) is 27.7 Å². The molecule has 0 saturated heterocycles. The number of amides is 1. The number of carbonyl (C=O) groups is 1. The maximum atomic E-state index is 12.2. The van der Waals surface area contributed by atoms with Crippen LogP contribution in [0.15, 0.2) is 4.42 Å². The van der Waals surface area contributed by atoms with Gasteiger partial charge in [0.05, 0.1) is 5.56 Å². The summed E-state index contributed by atoms with van der Waals surface area (Å²) in [5, 5.41) is 0. The average molecular weight is 288 g/mol. The van der Waals surface area contributed by atoms with Gasteiger partial charge in [0.15, 0.2) is 0 Å². The maximum absolute atomic E-state index is 12.2. The van der Waals surface area contributed by atoms with Crippen molar-refractivity contribution < 1.29 is 9.21 Å². The lowest BCUT2D eigenvalue weighted by molar-refractivity contribution is 0.0795.